The lowest BCUT2D eigenvalue weighted by molar-refractivity contribution is 0.318. The van der Waals surface area contributed by atoms with Gasteiger partial charge in [0.25, 0.3) is 0 Å². The second kappa shape index (κ2) is 5.09. The zero-order chi connectivity index (χ0) is 12.4. The SMILES string of the molecule is NCC1CCN(Cc2ccc3ccccc3c2)C1. The molecule has 2 aromatic rings. The summed E-state index contributed by atoms with van der Waals surface area (Å²) in [5.41, 5.74) is 7.15. The van der Waals surface area contributed by atoms with E-state index in [0.717, 1.165) is 19.6 Å². The van der Waals surface area contributed by atoms with Crippen molar-refractivity contribution in [3.05, 3.63) is 48.0 Å². The third-order valence-electron chi connectivity index (χ3n) is 3.92. The molecule has 2 heteroatoms. The normalized spacial score (nSPS) is 20.6. The van der Waals surface area contributed by atoms with E-state index in [1.165, 1.54) is 29.3 Å². The van der Waals surface area contributed by atoms with Crippen LogP contribution in [0.1, 0.15) is 12.0 Å². The fourth-order valence-electron chi connectivity index (χ4n) is 2.84. The maximum Gasteiger partial charge on any atom is 0.0234 e. The van der Waals surface area contributed by atoms with Gasteiger partial charge in [-0.1, -0.05) is 36.4 Å². The van der Waals surface area contributed by atoms with E-state index in [-0.39, 0.29) is 0 Å². The van der Waals surface area contributed by atoms with Crippen LogP contribution in [0.2, 0.25) is 0 Å². The van der Waals surface area contributed by atoms with Crippen LogP contribution in [0.4, 0.5) is 0 Å². The van der Waals surface area contributed by atoms with Crippen LogP contribution >= 0.6 is 0 Å². The second-order valence-electron chi connectivity index (χ2n) is 5.31. The molecule has 94 valence electrons. The van der Waals surface area contributed by atoms with Gasteiger partial charge in [0.2, 0.25) is 0 Å². The number of likely N-dealkylation sites (tertiary alicyclic amines) is 1. The molecular weight excluding hydrogens is 220 g/mol. The van der Waals surface area contributed by atoms with E-state index in [4.69, 9.17) is 5.73 Å². The van der Waals surface area contributed by atoms with Crippen molar-refractivity contribution in [3.8, 4) is 0 Å². The molecule has 0 aliphatic carbocycles. The lowest BCUT2D eigenvalue weighted by atomic mass is 10.1. The van der Waals surface area contributed by atoms with Crippen LogP contribution in [-0.4, -0.2) is 24.5 Å². The highest BCUT2D eigenvalue weighted by molar-refractivity contribution is 5.82. The van der Waals surface area contributed by atoms with Crippen LogP contribution < -0.4 is 5.73 Å². The zero-order valence-corrected chi connectivity index (χ0v) is 10.7. The maximum atomic E-state index is 5.74. The van der Waals surface area contributed by atoms with Crippen molar-refractivity contribution in [3.63, 3.8) is 0 Å². The first-order valence-electron chi connectivity index (χ1n) is 6.75. The van der Waals surface area contributed by atoms with Gasteiger partial charge in [0, 0.05) is 13.1 Å². The average Bonchev–Trinajstić information content (AvgIpc) is 2.86. The average molecular weight is 240 g/mol. The lowest BCUT2D eigenvalue weighted by Crippen LogP contribution is -2.22. The quantitative estimate of drug-likeness (QED) is 0.893. The van der Waals surface area contributed by atoms with Gasteiger partial charge in [-0.2, -0.15) is 0 Å². The number of nitrogens with zero attached hydrogens (tertiary/aromatic N) is 1. The Morgan fingerprint density at radius 2 is 1.94 bits per heavy atom. The molecule has 1 fully saturated rings. The van der Waals surface area contributed by atoms with Crippen molar-refractivity contribution in [2.75, 3.05) is 19.6 Å². The van der Waals surface area contributed by atoms with E-state index in [1.54, 1.807) is 0 Å². The summed E-state index contributed by atoms with van der Waals surface area (Å²) in [6, 6.07) is 15.3. The van der Waals surface area contributed by atoms with Crippen LogP contribution in [0, 0.1) is 5.92 Å². The zero-order valence-electron chi connectivity index (χ0n) is 10.7. The summed E-state index contributed by atoms with van der Waals surface area (Å²) in [5.74, 6) is 0.699. The first-order chi connectivity index (χ1) is 8.85. The molecule has 2 aromatic carbocycles. The minimum Gasteiger partial charge on any atom is -0.330 e. The van der Waals surface area contributed by atoms with E-state index < -0.39 is 0 Å². The Hall–Kier alpha value is -1.38. The third kappa shape index (κ3) is 2.40. The number of nitrogens with two attached hydrogens (primary N) is 1. The minimum absolute atomic E-state index is 0.699. The molecule has 2 N–H and O–H groups in total. The first kappa shape index (κ1) is 11.7. The molecule has 0 spiro atoms. The van der Waals surface area contributed by atoms with E-state index in [0.29, 0.717) is 5.92 Å². The van der Waals surface area contributed by atoms with Crippen molar-refractivity contribution in [2.24, 2.45) is 11.7 Å². The van der Waals surface area contributed by atoms with E-state index in [9.17, 15) is 0 Å². The number of hydrogen-bond acceptors (Lipinski definition) is 2. The largest absolute Gasteiger partial charge is 0.330 e. The van der Waals surface area contributed by atoms with Crippen LogP contribution in [0.3, 0.4) is 0 Å². The van der Waals surface area contributed by atoms with Crippen molar-refractivity contribution in [1.82, 2.24) is 4.90 Å². The van der Waals surface area contributed by atoms with E-state index >= 15 is 0 Å². The standard InChI is InChI=1S/C16H20N2/c17-10-14-7-8-18(12-14)11-13-5-6-15-3-1-2-4-16(15)9-13/h1-6,9,14H,7-8,10-12,17H2. The molecule has 0 saturated carbocycles. The number of benzene rings is 2. The maximum absolute atomic E-state index is 5.74. The molecule has 3 rings (SSSR count). The van der Waals surface area contributed by atoms with Gasteiger partial charge < -0.3 is 5.73 Å². The molecule has 18 heavy (non-hydrogen) atoms. The van der Waals surface area contributed by atoms with E-state index in [2.05, 4.69) is 47.4 Å². The molecule has 2 nitrogen and oxygen atoms in total. The van der Waals surface area contributed by atoms with Crippen LogP contribution in [-0.2, 0) is 6.54 Å². The third-order valence-corrected chi connectivity index (χ3v) is 3.92. The molecule has 1 unspecified atom stereocenters. The summed E-state index contributed by atoms with van der Waals surface area (Å²) >= 11 is 0. The Balaban J connectivity index is 1.75. The Kier molecular flexibility index (Phi) is 3.31. The minimum atomic E-state index is 0.699. The molecule has 1 saturated heterocycles. The highest BCUT2D eigenvalue weighted by Crippen LogP contribution is 2.20. The summed E-state index contributed by atoms with van der Waals surface area (Å²) in [4.78, 5) is 2.52. The van der Waals surface area contributed by atoms with Crippen LogP contribution in [0.15, 0.2) is 42.5 Å². The Bertz CT molecular complexity index is 535. The van der Waals surface area contributed by atoms with Crippen molar-refractivity contribution in [2.45, 2.75) is 13.0 Å². The van der Waals surface area contributed by atoms with Gasteiger partial charge in [-0.15, -0.1) is 0 Å². The molecule has 1 aliphatic rings. The summed E-state index contributed by atoms with van der Waals surface area (Å²) in [5, 5.41) is 2.66. The molecule has 1 aliphatic heterocycles. The predicted octanol–water partition coefficient (Wildman–Crippen LogP) is 2.62. The number of rotatable bonds is 3. The Labute approximate surface area is 108 Å². The van der Waals surface area contributed by atoms with Gasteiger partial charge >= 0.3 is 0 Å². The molecule has 0 radical (unpaired) electrons. The molecule has 0 aromatic heterocycles. The molecule has 0 bridgehead atoms. The fourth-order valence-corrected chi connectivity index (χ4v) is 2.84. The van der Waals surface area contributed by atoms with Gasteiger partial charge in [-0.05, 0) is 47.8 Å². The van der Waals surface area contributed by atoms with Gasteiger partial charge in [-0.3, -0.25) is 4.90 Å². The summed E-state index contributed by atoms with van der Waals surface area (Å²) < 4.78 is 0. The molecule has 0 amide bonds. The smallest absolute Gasteiger partial charge is 0.0234 e. The predicted molar refractivity (Wildman–Crippen MR) is 76.4 cm³/mol. The van der Waals surface area contributed by atoms with Gasteiger partial charge in [0.1, 0.15) is 0 Å². The van der Waals surface area contributed by atoms with Crippen molar-refractivity contribution in [1.29, 1.82) is 0 Å². The highest BCUT2D eigenvalue weighted by atomic mass is 15.1. The number of fused-ring (bicyclic) bond motifs is 1. The molecule has 1 heterocycles. The second-order valence-corrected chi connectivity index (χ2v) is 5.31. The topological polar surface area (TPSA) is 29.3 Å². The Morgan fingerprint density at radius 1 is 1.11 bits per heavy atom. The molecular formula is C16H20N2. The monoisotopic (exact) mass is 240 g/mol. The fraction of sp³-hybridized carbons (Fsp3) is 0.375. The van der Waals surface area contributed by atoms with Crippen molar-refractivity contribution < 1.29 is 0 Å². The van der Waals surface area contributed by atoms with Crippen LogP contribution in [0.25, 0.3) is 10.8 Å². The van der Waals surface area contributed by atoms with Gasteiger partial charge in [-0.25, -0.2) is 0 Å². The summed E-state index contributed by atoms with van der Waals surface area (Å²) in [6.45, 7) is 4.23. The van der Waals surface area contributed by atoms with E-state index in [1.807, 2.05) is 0 Å². The van der Waals surface area contributed by atoms with Gasteiger partial charge in [0.05, 0.1) is 0 Å². The summed E-state index contributed by atoms with van der Waals surface area (Å²) in [6.07, 6.45) is 1.25. The number of hydrogen-bond donors (Lipinski definition) is 1. The van der Waals surface area contributed by atoms with Gasteiger partial charge in [0.15, 0.2) is 0 Å². The first-order valence-corrected chi connectivity index (χ1v) is 6.75. The highest BCUT2D eigenvalue weighted by Gasteiger charge is 2.20. The lowest BCUT2D eigenvalue weighted by Gasteiger charge is -2.16. The van der Waals surface area contributed by atoms with Crippen molar-refractivity contribution >= 4 is 10.8 Å². The Morgan fingerprint density at radius 3 is 2.72 bits per heavy atom. The summed E-state index contributed by atoms with van der Waals surface area (Å²) in [7, 11) is 0. The van der Waals surface area contributed by atoms with Crippen LogP contribution in [0.5, 0.6) is 0 Å². The molecule has 1 atom stereocenters.